The maximum atomic E-state index is 3.49. The zero-order chi connectivity index (χ0) is 12.5. The highest BCUT2D eigenvalue weighted by Crippen LogP contribution is 2.32. The number of rotatable bonds is 1. The lowest BCUT2D eigenvalue weighted by atomic mass is 9.91. The Balaban J connectivity index is 1.87. The Hall–Kier alpha value is -1.18. The minimum Gasteiger partial charge on any atom is -0.385 e. The van der Waals surface area contributed by atoms with E-state index in [1.807, 2.05) is 0 Å². The van der Waals surface area contributed by atoms with Gasteiger partial charge in [0.2, 0.25) is 0 Å². The molecule has 3 rings (SSSR count). The molecule has 98 valence electrons. The highest BCUT2D eigenvalue weighted by atomic mass is 15.2. The fraction of sp³-hybridized carbons (Fsp3) is 0.625. The highest BCUT2D eigenvalue weighted by molar-refractivity contribution is 5.62. The predicted octanol–water partition coefficient (Wildman–Crippen LogP) is 3.67. The summed E-state index contributed by atoms with van der Waals surface area (Å²) in [5.74, 6) is 0.813. The quantitative estimate of drug-likeness (QED) is 0.811. The van der Waals surface area contributed by atoms with Crippen LogP contribution in [0.4, 0.5) is 11.4 Å². The van der Waals surface area contributed by atoms with E-state index in [4.69, 9.17) is 0 Å². The molecule has 18 heavy (non-hydrogen) atoms. The molecule has 2 heterocycles. The van der Waals surface area contributed by atoms with E-state index in [9.17, 15) is 0 Å². The van der Waals surface area contributed by atoms with Crippen LogP contribution in [-0.2, 0) is 6.42 Å². The molecule has 1 N–H and O–H groups in total. The Morgan fingerprint density at radius 2 is 2.11 bits per heavy atom. The summed E-state index contributed by atoms with van der Waals surface area (Å²) in [6.07, 6.45) is 5.21. The number of benzene rings is 1. The van der Waals surface area contributed by atoms with Gasteiger partial charge in [0.15, 0.2) is 0 Å². The smallest absolute Gasteiger partial charge is 0.0374 e. The van der Waals surface area contributed by atoms with E-state index in [0.29, 0.717) is 6.04 Å². The maximum Gasteiger partial charge on any atom is 0.0374 e. The van der Waals surface area contributed by atoms with Crippen molar-refractivity contribution in [2.45, 2.75) is 45.6 Å². The van der Waals surface area contributed by atoms with E-state index in [-0.39, 0.29) is 0 Å². The second kappa shape index (κ2) is 4.83. The van der Waals surface area contributed by atoms with Crippen molar-refractivity contribution in [1.82, 2.24) is 0 Å². The minimum atomic E-state index is 0.674. The lowest BCUT2D eigenvalue weighted by Gasteiger charge is -2.40. The molecule has 2 atom stereocenters. The Morgan fingerprint density at radius 1 is 1.22 bits per heavy atom. The molecule has 0 aliphatic carbocycles. The number of anilines is 2. The van der Waals surface area contributed by atoms with Gasteiger partial charge in [0.1, 0.15) is 0 Å². The monoisotopic (exact) mass is 244 g/mol. The van der Waals surface area contributed by atoms with Gasteiger partial charge in [-0.25, -0.2) is 0 Å². The number of hydrogen-bond donors (Lipinski definition) is 1. The van der Waals surface area contributed by atoms with Gasteiger partial charge in [-0.2, -0.15) is 0 Å². The van der Waals surface area contributed by atoms with Crippen molar-refractivity contribution in [2.24, 2.45) is 5.92 Å². The Labute approximate surface area is 110 Å². The van der Waals surface area contributed by atoms with E-state index < -0.39 is 0 Å². The van der Waals surface area contributed by atoms with Gasteiger partial charge in [0, 0.05) is 30.5 Å². The molecule has 2 nitrogen and oxygen atoms in total. The average Bonchev–Trinajstić information content (AvgIpc) is 2.41. The third-order valence-electron chi connectivity index (χ3n) is 4.73. The van der Waals surface area contributed by atoms with Gasteiger partial charge in [-0.05, 0) is 62.3 Å². The van der Waals surface area contributed by atoms with Crippen LogP contribution in [0.25, 0.3) is 0 Å². The van der Waals surface area contributed by atoms with Gasteiger partial charge in [0.05, 0.1) is 0 Å². The van der Waals surface area contributed by atoms with Crippen molar-refractivity contribution < 1.29 is 0 Å². The number of nitrogens with zero attached hydrogens (tertiary/aromatic N) is 1. The van der Waals surface area contributed by atoms with Crippen LogP contribution in [0.1, 0.15) is 38.7 Å². The van der Waals surface area contributed by atoms with Crippen molar-refractivity contribution in [3.63, 3.8) is 0 Å². The van der Waals surface area contributed by atoms with Gasteiger partial charge in [-0.3, -0.25) is 0 Å². The standard InChI is InChI=1S/C16H24N2/c1-12-5-4-10-18(13(12)2)15-7-8-16-14(11-15)6-3-9-17-16/h7-8,11-13,17H,3-6,9-10H2,1-2H3. The molecule has 1 saturated heterocycles. The summed E-state index contributed by atoms with van der Waals surface area (Å²) in [6, 6.07) is 7.66. The zero-order valence-electron chi connectivity index (χ0n) is 11.6. The number of aryl methyl sites for hydroxylation is 1. The van der Waals surface area contributed by atoms with E-state index in [1.165, 1.54) is 49.2 Å². The van der Waals surface area contributed by atoms with Crippen LogP contribution in [0.2, 0.25) is 0 Å². The number of nitrogens with one attached hydrogen (secondary N) is 1. The van der Waals surface area contributed by atoms with Crippen molar-refractivity contribution in [2.75, 3.05) is 23.3 Å². The first kappa shape index (κ1) is 11.9. The molecule has 0 spiro atoms. The van der Waals surface area contributed by atoms with Gasteiger partial charge in [-0.1, -0.05) is 6.92 Å². The molecule has 2 aliphatic rings. The molecule has 1 fully saturated rings. The van der Waals surface area contributed by atoms with Crippen LogP contribution in [0.3, 0.4) is 0 Å². The Morgan fingerprint density at radius 3 is 3.00 bits per heavy atom. The first-order chi connectivity index (χ1) is 8.75. The largest absolute Gasteiger partial charge is 0.385 e. The summed E-state index contributed by atoms with van der Waals surface area (Å²) >= 11 is 0. The zero-order valence-corrected chi connectivity index (χ0v) is 11.6. The van der Waals surface area contributed by atoms with Gasteiger partial charge in [-0.15, -0.1) is 0 Å². The molecule has 2 heteroatoms. The number of hydrogen-bond acceptors (Lipinski definition) is 2. The van der Waals surface area contributed by atoms with Crippen LogP contribution < -0.4 is 10.2 Å². The van der Waals surface area contributed by atoms with Crippen LogP contribution in [0.5, 0.6) is 0 Å². The fourth-order valence-corrected chi connectivity index (χ4v) is 3.34. The fourth-order valence-electron chi connectivity index (χ4n) is 3.34. The molecular weight excluding hydrogens is 220 g/mol. The summed E-state index contributed by atoms with van der Waals surface area (Å²) in [6.45, 7) is 7.11. The minimum absolute atomic E-state index is 0.674. The molecule has 0 amide bonds. The lowest BCUT2D eigenvalue weighted by Crippen LogP contribution is -2.42. The SMILES string of the molecule is CC1CCCN(c2ccc3c(c2)CCCN3)C1C. The molecule has 1 aromatic rings. The topological polar surface area (TPSA) is 15.3 Å². The van der Waals surface area contributed by atoms with Crippen molar-refractivity contribution in [1.29, 1.82) is 0 Å². The molecule has 0 aromatic heterocycles. The summed E-state index contributed by atoms with van der Waals surface area (Å²) < 4.78 is 0. The van der Waals surface area contributed by atoms with Crippen LogP contribution in [-0.4, -0.2) is 19.1 Å². The maximum absolute atomic E-state index is 3.49. The summed E-state index contributed by atoms with van der Waals surface area (Å²) in [5, 5.41) is 3.49. The third-order valence-corrected chi connectivity index (χ3v) is 4.73. The number of fused-ring (bicyclic) bond motifs is 1. The summed E-state index contributed by atoms with van der Waals surface area (Å²) in [4.78, 5) is 2.60. The molecule has 0 radical (unpaired) electrons. The molecule has 0 saturated carbocycles. The van der Waals surface area contributed by atoms with E-state index >= 15 is 0 Å². The van der Waals surface area contributed by atoms with E-state index in [2.05, 4.69) is 42.3 Å². The normalized spacial score (nSPS) is 27.6. The molecular formula is C16H24N2. The second-order valence-corrected chi connectivity index (χ2v) is 5.93. The van der Waals surface area contributed by atoms with Crippen molar-refractivity contribution in [3.8, 4) is 0 Å². The van der Waals surface area contributed by atoms with E-state index in [0.717, 1.165) is 12.5 Å². The summed E-state index contributed by atoms with van der Waals surface area (Å²) in [5.41, 5.74) is 4.28. The van der Waals surface area contributed by atoms with Gasteiger partial charge in [0.25, 0.3) is 0 Å². The lowest BCUT2D eigenvalue weighted by molar-refractivity contribution is 0.363. The predicted molar refractivity (Wildman–Crippen MR) is 78.5 cm³/mol. The first-order valence-electron chi connectivity index (χ1n) is 7.39. The van der Waals surface area contributed by atoms with Crippen molar-refractivity contribution in [3.05, 3.63) is 23.8 Å². The summed E-state index contributed by atoms with van der Waals surface area (Å²) in [7, 11) is 0. The van der Waals surface area contributed by atoms with Crippen molar-refractivity contribution >= 4 is 11.4 Å². The van der Waals surface area contributed by atoms with Crippen LogP contribution in [0, 0.1) is 5.92 Å². The molecule has 2 aliphatic heterocycles. The Bertz CT molecular complexity index is 427. The van der Waals surface area contributed by atoms with Crippen LogP contribution in [0.15, 0.2) is 18.2 Å². The van der Waals surface area contributed by atoms with Crippen LogP contribution >= 0.6 is 0 Å². The second-order valence-electron chi connectivity index (χ2n) is 5.93. The highest BCUT2D eigenvalue weighted by Gasteiger charge is 2.25. The Kier molecular flexibility index (Phi) is 3.19. The van der Waals surface area contributed by atoms with Gasteiger partial charge < -0.3 is 10.2 Å². The average molecular weight is 244 g/mol. The molecule has 0 bridgehead atoms. The van der Waals surface area contributed by atoms with Gasteiger partial charge >= 0.3 is 0 Å². The first-order valence-corrected chi connectivity index (χ1v) is 7.39. The van der Waals surface area contributed by atoms with E-state index in [1.54, 1.807) is 0 Å². The number of piperidine rings is 1. The molecule has 1 aromatic carbocycles. The third kappa shape index (κ3) is 2.09. The molecule has 2 unspecified atom stereocenters.